The van der Waals surface area contributed by atoms with Crippen LogP contribution in [0.2, 0.25) is 0 Å². The second-order valence-electron chi connectivity index (χ2n) is 5.19. The van der Waals surface area contributed by atoms with E-state index >= 15 is 0 Å². The molecule has 0 atom stereocenters. The fourth-order valence-electron chi connectivity index (χ4n) is 1.83. The molecule has 3 heteroatoms. The van der Waals surface area contributed by atoms with Crippen molar-refractivity contribution in [3.63, 3.8) is 0 Å². The van der Waals surface area contributed by atoms with E-state index in [9.17, 15) is 0 Å². The van der Waals surface area contributed by atoms with Gasteiger partial charge in [0.25, 0.3) is 0 Å². The summed E-state index contributed by atoms with van der Waals surface area (Å²) < 4.78 is 5.63. The molecule has 0 aliphatic carbocycles. The summed E-state index contributed by atoms with van der Waals surface area (Å²) in [5, 5.41) is 0. The smallest absolute Gasteiger partial charge is 0.232 e. The molecule has 0 radical (unpaired) electrons. The van der Waals surface area contributed by atoms with Gasteiger partial charge in [0.15, 0.2) is 0 Å². The topological polar surface area (TPSA) is 35.0 Å². The number of aromatic nitrogens is 2. The summed E-state index contributed by atoms with van der Waals surface area (Å²) in [6.45, 7) is 9.09. The van der Waals surface area contributed by atoms with E-state index < -0.39 is 0 Å². The predicted octanol–water partition coefficient (Wildman–Crippen LogP) is 3.80. The van der Waals surface area contributed by atoms with Crippen molar-refractivity contribution in [3.8, 4) is 17.1 Å². The molecule has 0 saturated carbocycles. The third kappa shape index (κ3) is 3.31. The number of hydrogen-bond donors (Lipinski definition) is 0. The van der Waals surface area contributed by atoms with Crippen molar-refractivity contribution in [2.75, 3.05) is 6.61 Å². The standard InChI is InChI=1S/C16H20N2O/c1-11(2)10-19-16-9-17-8-15(18-16)14-7-5-6-12(3)13(14)4/h5-9,11H,10H2,1-4H3. The number of nitrogens with zero attached hydrogens (tertiary/aromatic N) is 2. The first-order valence-corrected chi connectivity index (χ1v) is 6.59. The van der Waals surface area contributed by atoms with E-state index in [0.29, 0.717) is 18.4 Å². The zero-order valence-corrected chi connectivity index (χ0v) is 12.0. The summed E-state index contributed by atoms with van der Waals surface area (Å²) in [6, 6.07) is 6.21. The Bertz CT molecular complexity index is 564. The van der Waals surface area contributed by atoms with E-state index in [2.05, 4.69) is 49.8 Å². The molecule has 2 aromatic rings. The van der Waals surface area contributed by atoms with Crippen LogP contribution in [0.5, 0.6) is 5.88 Å². The maximum absolute atomic E-state index is 5.63. The average Bonchev–Trinajstić information content (AvgIpc) is 2.40. The first-order valence-electron chi connectivity index (χ1n) is 6.59. The van der Waals surface area contributed by atoms with Crippen molar-refractivity contribution < 1.29 is 4.74 Å². The third-order valence-corrected chi connectivity index (χ3v) is 3.06. The summed E-state index contributed by atoms with van der Waals surface area (Å²) in [5.41, 5.74) is 4.47. The molecule has 1 aromatic carbocycles. The van der Waals surface area contributed by atoms with Gasteiger partial charge in [-0.1, -0.05) is 32.0 Å². The van der Waals surface area contributed by atoms with Crippen LogP contribution in [0.15, 0.2) is 30.6 Å². The first kappa shape index (κ1) is 13.5. The van der Waals surface area contributed by atoms with E-state index in [1.807, 2.05) is 6.07 Å². The molecule has 0 spiro atoms. The lowest BCUT2D eigenvalue weighted by Crippen LogP contribution is -2.06. The number of benzene rings is 1. The highest BCUT2D eigenvalue weighted by atomic mass is 16.5. The van der Waals surface area contributed by atoms with Crippen molar-refractivity contribution in [2.45, 2.75) is 27.7 Å². The van der Waals surface area contributed by atoms with Gasteiger partial charge in [0.1, 0.15) is 0 Å². The van der Waals surface area contributed by atoms with Crippen molar-refractivity contribution in [3.05, 3.63) is 41.7 Å². The highest BCUT2D eigenvalue weighted by Gasteiger charge is 2.07. The molecule has 0 bridgehead atoms. The predicted molar refractivity (Wildman–Crippen MR) is 77.3 cm³/mol. The lowest BCUT2D eigenvalue weighted by atomic mass is 10.0. The van der Waals surface area contributed by atoms with Crippen LogP contribution >= 0.6 is 0 Å². The minimum Gasteiger partial charge on any atom is -0.476 e. The quantitative estimate of drug-likeness (QED) is 0.834. The van der Waals surface area contributed by atoms with Crippen LogP contribution in [0.4, 0.5) is 0 Å². The normalized spacial score (nSPS) is 10.8. The Morgan fingerprint density at radius 1 is 1.16 bits per heavy atom. The molecule has 1 heterocycles. The van der Waals surface area contributed by atoms with Gasteiger partial charge < -0.3 is 4.74 Å². The van der Waals surface area contributed by atoms with Gasteiger partial charge in [-0.3, -0.25) is 4.98 Å². The largest absolute Gasteiger partial charge is 0.476 e. The molecule has 19 heavy (non-hydrogen) atoms. The molecule has 0 saturated heterocycles. The Balaban J connectivity index is 2.30. The van der Waals surface area contributed by atoms with Gasteiger partial charge in [-0.25, -0.2) is 4.98 Å². The van der Waals surface area contributed by atoms with Gasteiger partial charge in [0.2, 0.25) is 5.88 Å². The van der Waals surface area contributed by atoms with Gasteiger partial charge in [-0.2, -0.15) is 0 Å². The van der Waals surface area contributed by atoms with Crippen LogP contribution in [0.3, 0.4) is 0 Å². The second kappa shape index (κ2) is 5.83. The molecule has 2 rings (SSSR count). The molecule has 0 N–H and O–H groups in total. The molecular formula is C16H20N2O. The van der Waals surface area contributed by atoms with Crippen LogP contribution in [0, 0.1) is 19.8 Å². The van der Waals surface area contributed by atoms with E-state index in [4.69, 9.17) is 4.74 Å². The van der Waals surface area contributed by atoms with Gasteiger partial charge in [-0.15, -0.1) is 0 Å². The lowest BCUT2D eigenvalue weighted by Gasteiger charge is -2.10. The summed E-state index contributed by atoms with van der Waals surface area (Å²) >= 11 is 0. The number of hydrogen-bond acceptors (Lipinski definition) is 3. The monoisotopic (exact) mass is 256 g/mol. The van der Waals surface area contributed by atoms with Crippen LogP contribution in [-0.4, -0.2) is 16.6 Å². The Hall–Kier alpha value is -1.90. The summed E-state index contributed by atoms with van der Waals surface area (Å²) in [6.07, 6.45) is 3.45. The van der Waals surface area contributed by atoms with Crippen LogP contribution < -0.4 is 4.74 Å². The number of aryl methyl sites for hydroxylation is 1. The van der Waals surface area contributed by atoms with Gasteiger partial charge >= 0.3 is 0 Å². The maximum Gasteiger partial charge on any atom is 0.232 e. The van der Waals surface area contributed by atoms with Crippen LogP contribution in [0.25, 0.3) is 11.3 Å². The minimum atomic E-state index is 0.478. The number of ether oxygens (including phenoxy) is 1. The molecule has 0 amide bonds. The van der Waals surface area contributed by atoms with Crippen LogP contribution in [-0.2, 0) is 0 Å². The van der Waals surface area contributed by atoms with E-state index in [1.165, 1.54) is 11.1 Å². The first-order chi connectivity index (χ1) is 9.08. The molecular weight excluding hydrogens is 236 g/mol. The molecule has 1 aromatic heterocycles. The Labute approximate surface area is 114 Å². The molecule has 0 aliphatic heterocycles. The maximum atomic E-state index is 5.63. The summed E-state index contributed by atoms with van der Waals surface area (Å²) in [7, 11) is 0. The lowest BCUT2D eigenvalue weighted by molar-refractivity contribution is 0.260. The SMILES string of the molecule is Cc1cccc(-c2cncc(OCC(C)C)n2)c1C. The zero-order valence-electron chi connectivity index (χ0n) is 12.0. The molecule has 0 aliphatic rings. The van der Waals surface area contributed by atoms with E-state index in [0.717, 1.165) is 11.3 Å². The Kier molecular flexibility index (Phi) is 4.15. The minimum absolute atomic E-state index is 0.478. The Morgan fingerprint density at radius 2 is 1.95 bits per heavy atom. The third-order valence-electron chi connectivity index (χ3n) is 3.06. The van der Waals surface area contributed by atoms with Gasteiger partial charge in [0.05, 0.1) is 24.7 Å². The van der Waals surface area contributed by atoms with E-state index in [-0.39, 0.29) is 0 Å². The summed E-state index contributed by atoms with van der Waals surface area (Å²) in [4.78, 5) is 8.75. The van der Waals surface area contributed by atoms with Crippen molar-refractivity contribution in [1.29, 1.82) is 0 Å². The molecule has 0 fully saturated rings. The van der Waals surface area contributed by atoms with Crippen LogP contribution in [0.1, 0.15) is 25.0 Å². The average molecular weight is 256 g/mol. The molecule has 0 unspecified atom stereocenters. The highest BCUT2D eigenvalue weighted by molar-refractivity contribution is 5.64. The molecule has 3 nitrogen and oxygen atoms in total. The summed E-state index contributed by atoms with van der Waals surface area (Å²) in [5.74, 6) is 1.07. The zero-order chi connectivity index (χ0) is 13.8. The van der Waals surface area contributed by atoms with Crippen molar-refractivity contribution in [1.82, 2.24) is 9.97 Å². The van der Waals surface area contributed by atoms with Crippen molar-refractivity contribution >= 4 is 0 Å². The second-order valence-corrected chi connectivity index (χ2v) is 5.19. The van der Waals surface area contributed by atoms with Crippen molar-refractivity contribution in [2.24, 2.45) is 5.92 Å². The fourth-order valence-corrected chi connectivity index (χ4v) is 1.83. The van der Waals surface area contributed by atoms with Gasteiger partial charge in [-0.05, 0) is 30.9 Å². The van der Waals surface area contributed by atoms with E-state index in [1.54, 1.807) is 12.4 Å². The highest BCUT2D eigenvalue weighted by Crippen LogP contribution is 2.24. The Morgan fingerprint density at radius 3 is 2.68 bits per heavy atom. The fraction of sp³-hybridized carbons (Fsp3) is 0.375. The molecule has 100 valence electrons. The van der Waals surface area contributed by atoms with Gasteiger partial charge in [0, 0.05) is 5.56 Å². The number of rotatable bonds is 4.